The number of pyridine rings is 1. The molecule has 2 fully saturated rings. The van der Waals surface area contributed by atoms with E-state index in [1.165, 1.54) is 7.11 Å². The maximum atomic E-state index is 12.2. The highest BCUT2D eigenvalue weighted by molar-refractivity contribution is 5.93. The van der Waals surface area contributed by atoms with Crippen molar-refractivity contribution in [1.29, 1.82) is 0 Å². The van der Waals surface area contributed by atoms with Gasteiger partial charge in [-0.1, -0.05) is 30.0 Å². The lowest BCUT2D eigenvalue weighted by Gasteiger charge is -2.18. The molecule has 1 amide bonds. The van der Waals surface area contributed by atoms with Crippen molar-refractivity contribution in [3.05, 3.63) is 53.7 Å². The van der Waals surface area contributed by atoms with Crippen molar-refractivity contribution in [1.82, 2.24) is 9.88 Å². The van der Waals surface area contributed by atoms with Crippen LogP contribution in [0, 0.1) is 17.8 Å². The second-order valence-electron chi connectivity index (χ2n) is 6.82. The lowest BCUT2D eigenvalue weighted by molar-refractivity contribution is -0.140. The number of aromatic nitrogens is 1. The van der Waals surface area contributed by atoms with Crippen LogP contribution in [0.15, 0.2) is 42.5 Å². The number of amides is 1. The number of benzene rings is 1. The van der Waals surface area contributed by atoms with Gasteiger partial charge in [0.15, 0.2) is 0 Å². The Labute approximate surface area is 156 Å². The summed E-state index contributed by atoms with van der Waals surface area (Å²) in [6.45, 7) is 0. The van der Waals surface area contributed by atoms with Crippen molar-refractivity contribution < 1.29 is 19.4 Å². The molecule has 2 heterocycles. The fraction of sp³-hybridized carbons (Fsp3) is 0.286. The normalized spacial score (nSPS) is 25.4. The number of ether oxygens (including phenoxy) is 1. The van der Waals surface area contributed by atoms with Gasteiger partial charge in [-0.3, -0.25) is 4.79 Å². The second-order valence-corrected chi connectivity index (χ2v) is 6.82. The van der Waals surface area contributed by atoms with Crippen LogP contribution in [-0.2, 0) is 9.53 Å². The minimum Gasteiger partial charge on any atom is -0.464 e. The van der Waals surface area contributed by atoms with Gasteiger partial charge in [-0.05, 0) is 30.7 Å². The molecule has 6 heteroatoms. The van der Waals surface area contributed by atoms with Crippen molar-refractivity contribution >= 4 is 11.9 Å². The standard InChI is InChI=1S/C21H18N2O4/c1-23-18-12-15(18)21(26,20(23)25)10-9-13-5-3-6-14(11-13)16-7-4-8-17(22-16)19(24)27-2/h3-8,11,15,18,26H,12H2,1-2H3. The average molecular weight is 362 g/mol. The molecule has 1 N–H and O–H groups in total. The van der Waals surface area contributed by atoms with Gasteiger partial charge in [0.05, 0.1) is 12.8 Å². The number of piperidine rings is 1. The SMILES string of the molecule is COC(=O)c1cccc(-c2cccc(C#CC3(O)C(=O)N(C)C4CC43)c2)n1. The first-order chi connectivity index (χ1) is 12.9. The van der Waals surface area contributed by atoms with Crippen LogP contribution in [0.5, 0.6) is 0 Å². The van der Waals surface area contributed by atoms with E-state index in [2.05, 4.69) is 16.8 Å². The molecular formula is C21H18N2O4. The fourth-order valence-electron chi connectivity index (χ4n) is 3.52. The molecule has 27 heavy (non-hydrogen) atoms. The number of esters is 1. The first-order valence-electron chi connectivity index (χ1n) is 8.62. The van der Waals surface area contributed by atoms with Crippen molar-refractivity contribution in [2.45, 2.75) is 18.1 Å². The second kappa shape index (κ2) is 6.22. The Bertz CT molecular complexity index is 1010. The number of likely N-dealkylation sites (N-methyl/N-ethyl adjacent to an activating group) is 1. The Morgan fingerprint density at radius 3 is 2.81 bits per heavy atom. The van der Waals surface area contributed by atoms with Gasteiger partial charge in [0.2, 0.25) is 5.60 Å². The Morgan fingerprint density at radius 1 is 1.33 bits per heavy atom. The lowest BCUT2D eigenvalue weighted by Crippen LogP contribution is -2.41. The predicted molar refractivity (Wildman–Crippen MR) is 97.5 cm³/mol. The zero-order valence-corrected chi connectivity index (χ0v) is 15.0. The van der Waals surface area contributed by atoms with E-state index in [9.17, 15) is 14.7 Å². The Morgan fingerprint density at radius 2 is 2.11 bits per heavy atom. The van der Waals surface area contributed by atoms with Crippen LogP contribution in [0.4, 0.5) is 0 Å². The largest absolute Gasteiger partial charge is 0.464 e. The van der Waals surface area contributed by atoms with Crippen molar-refractivity contribution in [3.8, 4) is 23.1 Å². The zero-order valence-electron chi connectivity index (χ0n) is 15.0. The topological polar surface area (TPSA) is 79.7 Å². The molecule has 1 aromatic heterocycles. The molecule has 3 atom stereocenters. The van der Waals surface area contributed by atoms with Gasteiger partial charge in [0.25, 0.3) is 5.91 Å². The van der Waals surface area contributed by atoms with Crippen molar-refractivity contribution in [3.63, 3.8) is 0 Å². The number of rotatable bonds is 2. The van der Waals surface area contributed by atoms with E-state index in [-0.39, 0.29) is 23.6 Å². The van der Waals surface area contributed by atoms with Crippen LogP contribution in [0.3, 0.4) is 0 Å². The highest BCUT2D eigenvalue weighted by atomic mass is 16.5. The van der Waals surface area contributed by atoms with Crippen LogP contribution >= 0.6 is 0 Å². The summed E-state index contributed by atoms with van der Waals surface area (Å²) in [5.74, 6) is 4.77. The van der Waals surface area contributed by atoms with E-state index in [1.807, 2.05) is 18.2 Å². The third kappa shape index (κ3) is 2.86. The fourth-order valence-corrected chi connectivity index (χ4v) is 3.52. The highest BCUT2D eigenvalue weighted by Gasteiger charge is 2.66. The molecule has 3 unspecified atom stereocenters. The first kappa shape index (κ1) is 17.3. The number of carbonyl (C=O) groups is 2. The van der Waals surface area contributed by atoms with E-state index in [1.54, 1.807) is 36.2 Å². The quantitative estimate of drug-likeness (QED) is 0.647. The Balaban J connectivity index is 1.64. The number of likely N-dealkylation sites (tertiary alicyclic amines) is 1. The minimum absolute atomic E-state index is 0.105. The van der Waals surface area contributed by atoms with Crippen LogP contribution in [0.25, 0.3) is 11.3 Å². The summed E-state index contributed by atoms with van der Waals surface area (Å²) in [7, 11) is 3.01. The Kier molecular flexibility index (Phi) is 3.97. The molecular weight excluding hydrogens is 344 g/mol. The van der Waals surface area contributed by atoms with Gasteiger partial charge in [-0.25, -0.2) is 9.78 Å². The summed E-state index contributed by atoms with van der Waals surface area (Å²) in [4.78, 5) is 29.8. The summed E-state index contributed by atoms with van der Waals surface area (Å²) in [5.41, 5.74) is 0.669. The molecule has 4 rings (SSSR count). The van der Waals surface area contributed by atoms with E-state index in [0.29, 0.717) is 11.3 Å². The summed E-state index contributed by atoms with van der Waals surface area (Å²) in [5, 5.41) is 10.7. The number of carbonyl (C=O) groups excluding carboxylic acids is 2. The molecule has 1 aromatic carbocycles. The van der Waals surface area contributed by atoms with Crippen LogP contribution < -0.4 is 0 Å². The molecule has 1 saturated heterocycles. The van der Waals surface area contributed by atoms with Crippen molar-refractivity contribution in [2.75, 3.05) is 14.2 Å². The predicted octanol–water partition coefficient (Wildman–Crippen LogP) is 1.48. The average Bonchev–Trinajstić information content (AvgIpc) is 3.49. The van der Waals surface area contributed by atoms with Gasteiger partial charge in [-0.15, -0.1) is 0 Å². The first-order valence-corrected chi connectivity index (χ1v) is 8.62. The van der Waals surface area contributed by atoms with E-state index in [4.69, 9.17) is 4.74 Å². The van der Waals surface area contributed by atoms with E-state index < -0.39 is 11.6 Å². The number of methoxy groups -OCH3 is 1. The number of hydrogen-bond acceptors (Lipinski definition) is 5. The van der Waals surface area contributed by atoms with Crippen molar-refractivity contribution in [2.24, 2.45) is 5.92 Å². The molecule has 6 nitrogen and oxygen atoms in total. The molecule has 0 radical (unpaired) electrons. The molecule has 136 valence electrons. The minimum atomic E-state index is -1.60. The number of nitrogens with zero attached hydrogens (tertiary/aromatic N) is 2. The number of aliphatic hydroxyl groups is 1. The molecule has 2 aliphatic rings. The molecule has 1 aliphatic heterocycles. The zero-order chi connectivity index (χ0) is 19.2. The summed E-state index contributed by atoms with van der Waals surface area (Å²) in [6.07, 6.45) is 0.789. The molecule has 0 spiro atoms. The van der Waals surface area contributed by atoms with Gasteiger partial charge in [0, 0.05) is 30.1 Å². The number of hydrogen-bond donors (Lipinski definition) is 1. The lowest BCUT2D eigenvalue weighted by atomic mass is 9.98. The summed E-state index contributed by atoms with van der Waals surface area (Å²) in [6, 6.07) is 12.5. The third-order valence-electron chi connectivity index (χ3n) is 5.14. The highest BCUT2D eigenvalue weighted by Crippen LogP contribution is 2.50. The maximum Gasteiger partial charge on any atom is 0.356 e. The van der Waals surface area contributed by atoms with Gasteiger partial charge >= 0.3 is 5.97 Å². The van der Waals surface area contributed by atoms with Gasteiger partial charge in [-0.2, -0.15) is 0 Å². The summed E-state index contributed by atoms with van der Waals surface area (Å²) < 4.78 is 4.70. The summed E-state index contributed by atoms with van der Waals surface area (Å²) >= 11 is 0. The third-order valence-corrected chi connectivity index (χ3v) is 5.14. The number of fused-ring (bicyclic) bond motifs is 1. The van der Waals surface area contributed by atoms with Crippen LogP contribution in [0.1, 0.15) is 22.5 Å². The molecule has 2 aromatic rings. The van der Waals surface area contributed by atoms with E-state index >= 15 is 0 Å². The van der Waals surface area contributed by atoms with E-state index in [0.717, 1.165) is 12.0 Å². The van der Waals surface area contributed by atoms with Gasteiger partial charge < -0.3 is 14.7 Å². The van der Waals surface area contributed by atoms with Crippen LogP contribution in [0.2, 0.25) is 0 Å². The Hall–Kier alpha value is -3.17. The molecule has 1 saturated carbocycles. The molecule has 0 bridgehead atoms. The molecule has 1 aliphatic carbocycles. The van der Waals surface area contributed by atoms with Crippen LogP contribution in [-0.4, -0.2) is 52.7 Å². The monoisotopic (exact) mass is 362 g/mol. The maximum absolute atomic E-state index is 12.2. The smallest absolute Gasteiger partial charge is 0.356 e. The van der Waals surface area contributed by atoms with Gasteiger partial charge in [0.1, 0.15) is 5.69 Å².